The maximum atomic E-state index is 12.7. The molecule has 1 amide bonds. The summed E-state index contributed by atoms with van der Waals surface area (Å²) in [6, 6.07) is 15.0. The molecule has 0 radical (unpaired) electrons. The molecule has 1 unspecified atom stereocenters. The van der Waals surface area contributed by atoms with E-state index in [-0.39, 0.29) is 11.9 Å². The zero-order valence-electron chi connectivity index (χ0n) is 15.1. The number of carbonyl (C=O) groups excluding carboxylic acids is 1. The number of anilines is 2. The molecule has 7 heteroatoms. The number of fused-ring (bicyclic) bond motifs is 1. The number of nitrogens with zero attached hydrogens (tertiary/aromatic N) is 3. The first-order chi connectivity index (χ1) is 13.1. The van der Waals surface area contributed by atoms with Gasteiger partial charge in [-0.15, -0.1) is 0 Å². The van der Waals surface area contributed by atoms with E-state index in [2.05, 4.69) is 20.1 Å². The molecule has 1 fully saturated rings. The van der Waals surface area contributed by atoms with Gasteiger partial charge in [-0.1, -0.05) is 35.6 Å². The fourth-order valence-electron chi connectivity index (χ4n) is 3.38. The van der Waals surface area contributed by atoms with Crippen LogP contribution in [0.5, 0.6) is 5.75 Å². The lowest BCUT2D eigenvalue weighted by Crippen LogP contribution is -2.52. The van der Waals surface area contributed by atoms with Crippen molar-refractivity contribution in [3.8, 4) is 5.75 Å². The summed E-state index contributed by atoms with van der Waals surface area (Å²) in [4.78, 5) is 21.5. The number of benzene rings is 2. The predicted molar refractivity (Wildman–Crippen MR) is 110 cm³/mol. The van der Waals surface area contributed by atoms with Crippen molar-refractivity contribution < 1.29 is 9.90 Å². The van der Waals surface area contributed by atoms with E-state index >= 15 is 0 Å². The summed E-state index contributed by atoms with van der Waals surface area (Å²) in [5.41, 5.74) is 1.76. The van der Waals surface area contributed by atoms with Gasteiger partial charge in [-0.3, -0.25) is 9.69 Å². The molecule has 4 rings (SSSR count). The second-order valence-corrected chi connectivity index (χ2v) is 7.69. The number of aromatic nitrogens is 1. The topological polar surface area (TPSA) is 68.7 Å². The van der Waals surface area contributed by atoms with Crippen LogP contribution in [-0.4, -0.2) is 53.1 Å². The van der Waals surface area contributed by atoms with Gasteiger partial charge in [0, 0.05) is 26.2 Å². The molecule has 140 valence electrons. The maximum Gasteiger partial charge on any atom is 0.243 e. The lowest BCUT2D eigenvalue weighted by atomic mass is 10.2. The Kier molecular flexibility index (Phi) is 4.96. The summed E-state index contributed by atoms with van der Waals surface area (Å²) >= 11 is 1.49. The van der Waals surface area contributed by atoms with Gasteiger partial charge in [0.2, 0.25) is 5.91 Å². The summed E-state index contributed by atoms with van der Waals surface area (Å²) in [5.74, 6) is 0.262. The summed E-state index contributed by atoms with van der Waals surface area (Å²) in [5, 5.41) is 13.6. The highest BCUT2D eigenvalue weighted by atomic mass is 32.1. The minimum atomic E-state index is -0.233. The molecule has 0 aliphatic carbocycles. The van der Waals surface area contributed by atoms with Crippen LogP contribution in [-0.2, 0) is 4.79 Å². The summed E-state index contributed by atoms with van der Waals surface area (Å²) < 4.78 is 1.07. The number of aromatic hydroxyl groups is 1. The van der Waals surface area contributed by atoms with Crippen molar-refractivity contribution >= 4 is 38.3 Å². The Hall–Kier alpha value is -2.64. The number of nitrogens with one attached hydrogen (secondary N) is 1. The van der Waals surface area contributed by atoms with Gasteiger partial charge >= 0.3 is 0 Å². The van der Waals surface area contributed by atoms with E-state index in [1.165, 1.54) is 11.3 Å². The Balaban J connectivity index is 1.36. The minimum absolute atomic E-state index is 0.0370. The van der Waals surface area contributed by atoms with Crippen molar-refractivity contribution in [1.29, 1.82) is 0 Å². The minimum Gasteiger partial charge on any atom is -0.506 e. The first-order valence-electron chi connectivity index (χ1n) is 9.05. The first kappa shape index (κ1) is 17.8. The van der Waals surface area contributed by atoms with Crippen LogP contribution < -0.4 is 10.2 Å². The molecule has 2 heterocycles. The Bertz CT molecular complexity index is 917. The standard InChI is InChI=1S/C20H22N4O2S/c1-14(19(26)22-20-21-15-6-2-5-9-18(15)27-20)23-10-12-24(13-11-23)16-7-3-4-8-17(16)25/h2-9,14,25H,10-13H2,1H3,(H,21,22,26). The highest BCUT2D eigenvalue weighted by molar-refractivity contribution is 7.22. The van der Waals surface area contributed by atoms with Gasteiger partial charge in [0.1, 0.15) is 5.75 Å². The molecule has 0 spiro atoms. The van der Waals surface area contributed by atoms with Crippen LogP contribution in [0.3, 0.4) is 0 Å². The zero-order chi connectivity index (χ0) is 18.8. The number of rotatable bonds is 4. The van der Waals surface area contributed by atoms with Gasteiger partial charge in [-0.25, -0.2) is 4.98 Å². The average molecular weight is 382 g/mol. The number of para-hydroxylation sites is 3. The van der Waals surface area contributed by atoms with Crippen molar-refractivity contribution in [2.75, 3.05) is 36.4 Å². The number of thiazole rings is 1. The molecule has 2 aromatic carbocycles. The predicted octanol–water partition coefficient (Wildman–Crippen LogP) is 3.15. The van der Waals surface area contributed by atoms with Crippen molar-refractivity contribution in [2.24, 2.45) is 0 Å². The van der Waals surface area contributed by atoms with Crippen LogP contribution in [0.4, 0.5) is 10.8 Å². The summed E-state index contributed by atoms with van der Waals surface area (Å²) in [6.07, 6.45) is 0. The molecule has 1 aliphatic heterocycles. The highest BCUT2D eigenvalue weighted by Crippen LogP contribution is 2.28. The van der Waals surface area contributed by atoms with Gasteiger partial charge in [0.25, 0.3) is 0 Å². The second kappa shape index (κ2) is 7.54. The van der Waals surface area contributed by atoms with Gasteiger partial charge in [0.15, 0.2) is 5.13 Å². The van der Waals surface area contributed by atoms with Crippen LogP contribution >= 0.6 is 11.3 Å². The third kappa shape index (κ3) is 3.74. The van der Waals surface area contributed by atoms with Crippen LogP contribution in [0.1, 0.15) is 6.92 Å². The molecule has 1 atom stereocenters. The van der Waals surface area contributed by atoms with Crippen molar-refractivity contribution in [1.82, 2.24) is 9.88 Å². The average Bonchev–Trinajstić information content (AvgIpc) is 3.10. The van der Waals surface area contributed by atoms with Gasteiger partial charge < -0.3 is 15.3 Å². The van der Waals surface area contributed by atoms with Gasteiger partial charge in [0.05, 0.1) is 21.9 Å². The molecular formula is C20H22N4O2S. The quantitative estimate of drug-likeness (QED) is 0.725. The third-order valence-electron chi connectivity index (χ3n) is 4.99. The highest BCUT2D eigenvalue weighted by Gasteiger charge is 2.27. The lowest BCUT2D eigenvalue weighted by Gasteiger charge is -2.38. The number of hydrogen-bond donors (Lipinski definition) is 2. The van der Waals surface area contributed by atoms with Crippen LogP contribution in [0, 0.1) is 0 Å². The summed E-state index contributed by atoms with van der Waals surface area (Å²) in [6.45, 7) is 5.01. The fourth-order valence-corrected chi connectivity index (χ4v) is 4.25. The van der Waals surface area contributed by atoms with Gasteiger partial charge in [-0.2, -0.15) is 0 Å². The Morgan fingerprint density at radius 3 is 2.56 bits per heavy atom. The van der Waals surface area contributed by atoms with E-state index in [1.54, 1.807) is 6.07 Å². The molecule has 2 N–H and O–H groups in total. The number of carbonyl (C=O) groups is 1. The molecule has 0 bridgehead atoms. The molecular weight excluding hydrogens is 360 g/mol. The van der Waals surface area contributed by atoms with E-state index in [4.69, 9.17) is 0 Å². The third-order valence-corrected chi connectivity index (χ3v) is 5.94. The van der Waals surface area contributed by atoms with Crippen LogP contribution in [0.2, 0.25) is 0 Å². The lowest BCUT2D eigenvalue weighted by molar-refractivity contribution is -0.120. The molecule has 1 aliphatic rings. The SMILES string of the molecule is CC(C(=O)Nc1nc2ccccc2s1)N1CCN(c2ccccc2O)CC1. The van der Waals surface area contributed by atoms with E-state index in [0.717, 1.165) is 42.1 Å². The van der Waals surface area contributed by atoms with Crippen molar-refractivity contribution in [3.63, 3.8) is 0 Å². The number of phenolic OH excluding ortho intramolecular Hbond substituents is 1. The van der Waals surface area contributed by atoms with Gasteiger partial charge in [-0.05, 0) is 31.2 Å². The number of piperazine rings is 1. The Morgan fingerprint density at radius 1 is 1.11 bits per heavy atom. The zero-order valence-corrected chi connectivity index (χ0v) is 15.9. The maximum absolute atomic E-state index is 12.7. The first-order valence-corrected chi connectivity index (χ1v) is 9.87. The second-order valence-electron chi connectivity index (χ2n) is 6.66. The normalized spacial score (nSPS) is 16.4. The number of hydrogen-bond acceptors (Lipinski definition) is 6. The smallest absolute Gasteiger partial charge is 0.243 e. The molecule has 6 nitrogen and oxygen atoms in total. The molecule has 1 saturated heterocycles. The van der Waals surface area contributed by atoms with E-state index in [1.807, 2.05) is 49.4 Å². The Morgan fingerprint density at radius 2 is 1.81 bits per heavy atom. The molecule has 3 aromatic rings. The monoisotopic (exact) mass is 382 g/mol. The number of phenols is 1. The summed E-state index contributed by atoms with van der Waals surface area (Å²) in [7, 11) is 0. The fraction of sp³-hybridized carbons (Fsp3) is 0.300. The molecule has 27 heavy (non-hydrogen) atoms. The van der Waals surface area contributed by atoms with Crippen LogP contribution in [0.25, 0.3) is 10.2 Å². The largest absolute Gasteiger partial charge is 0.506 e. The van der Waals surface area contributed by atoms with Crippen LogP contribution in [0.15, 0.2) is 48.5 Å². The number of amides is 1. The molecule has 0 saturated carbocycles. The van der Waals surface area contributed by atoms with E-state index < -0.39 is 0 Å². The van der Waals surface area contributed by atoms with Crippen molar-refractivity contribution in [3.05, 3.63) is 48.5 Å². The Labute approximate surface area is 162 Å². The van der Waals surface area contributed by atoms with Crippen molar-refractivity contribution in [2.45, 2.75) is 13.0 Å². The van der Waals surface area contributed by atoms with E-state index in [9.17, 15) is 9.90 Å². The molecule has 1 aromatic heterocycles. The van der Waals surface area contributed by atoms with E-state index in [0.29, 0.717) is 10.9 Å².